The van der Waals surface area contributed by atoms with E-state index in [1.165, 1.54) is 7.11 Å². The zero-order chi connectivity index (χ0) is 20.7. The molecule has 1 fully saturated rings. The first-order chi connectivity index (χ1) is 13.3. The molecule has 1 aromatic rings. The van der Waals surface area contributed by atoms with Gasteiger partial charge in [0.15, 0.2) is 0 Å². The van der Waals surface area contributed by atoms with Gasteiger partial charge in [-0.15, -0.1) is 6.58 Å². The summed E-state index contributed by atoms with van der Waals surface area (Å²) >= 11 is 0. The summed E-state index contributed by atoms with van der Waals surface area (Å²) in [7, 11) is 1.22. The monoisotopic (exact) mass is 387 g/mol. The lowest BCUT2D eigenvalue weighted by molar-refractivity contribution is -0.145. The van der Waals surface area contributed by atoms with Crippen LogP contribution in [-0.2, 0) is 30.3 Å². The van der Waals surface area contributed by atoms with E-state index in [0.717, 1.165) is 5.56 Å². The number of esters is 1. The van der Waals surface area contributed by atoms with Crippen molar-refractivity contribution in [1.29, 1.82) is 0 Å². The van der Waals surface area contributed by atoms with Gasteiger partial charge in [-0.3, -0.25) is 14.4 Å². The maximum absolute atomic E-state index is 12.3. The minimum absolute atomic E-state index is 0.223. The van der Waals surface area contributed by atoms with Crippen molar-refractivity contribution in [3.05, 3.63) is 48.0 Å². The molecule has 1 saturated heterocycles. The number of rotatable bonds is 8. The fraction of sp³-hybridized carbons (Fsp3) is 0.400. The third kappa shape index (κ3) is 5.94. The average molecular weight is 387 g/mol. The molecule has 3 atom stereocenters. The van der Waals surface area contributed by atoms with E-state index >= 15 is 0 Å². The van der Waals surface area contributed by atoms with Crippen LogP contribution in [0.5, 0.6) is 0 Å². The predicted molar refractivity (Wildman–Crippen MR) is 102 cm³/mol. The minimum atomic E-state index is -0.998. The number of amides is 3. The molecule has 1 aromatic carbocycles. The summed E-state index contributed by atoms with van der Waals surface area (Å²) in [4.78, 5) is 48.7. The van der Waals surface area contributed by atoms with Crippen LogP contribution in [0.4, 0.5) is 0 Å². The molecular weight excluding hydrogens is 362 g/mol. The molecule has 1 aliphatic rings. The van der Waals surface area contributed by atoms with Crippen molar-refractivity contribution in [2.24, 2.45) is 0 Å². The second kappa shape index (κ2) is 9.68. The number of carbonyl (C=O) groups is 4. The van der Waals surface area contributed by atoms with Crippen LogP contribution in [-0.4, -0.2) is 48.9 Å². The minimum Gasteiger partial charge on any atom is -0.467 e. The van der Waals surface area contributed by atoms with Crippen molar-refractivity contribution >= 4 is 23.7 Å². The van der Waals surface area contributed by atoms with Crippen molar-refractivity contribution in [1.82, 2.24) is 16.0 Å². The van der Waals surface area contributed by atoms with Crippen molar-refractivity contribution in [3.63, 3.8) is 0 Å². The van der Waals surface area contributed by atoms with E-state index in [-0.39, 0.29) is 18.7 Å². The number of carbonyl (C=O) groups excluding carboxylic acids is 4. The van der Waals surface area contributed by atoms with Gasteiger partial charge in [0, 0.05) is 6.42 Å². The summed E-state index contributed by atoms with van der Waals surface area (Å²) in [5.74, 6) is -1.94. The van der Waals surface area contributed by atoms with E-state index in [9.17, 15) is 19.2 Å². The standard InChI is InChI=1S/C20H25N3O5/c1-12(2)9-16(20(27)28-3)21-17(24)11-15-19(26)22-14(18(25)23-15)10-13-7-5-4-6-8-13/h4-8,14-16H,1,9-11H2,2-3H3,(H,21,24)(H,22,26)(H,23,25)/t14-,15-,16-/m0/s1. The van der Waals surface area contributed by atoms with E-state index in [4.69, 9.17) is 0 Å². The summed E-state index contributed by atoms with van der Waals surface area (Å²) in [6.45, 7) is 5.45. The molecule has 0 radical (unpaired) electrons. The molecule has 0 aliphatic carbocycles. The lowest BCUT2D eigenvalue weighted by atomic mass is 10.0. The second-order valence-electron chi connectivity index (χ2n) is 6.82. The Hall–Kier alpha value is -3.16. The largest absolute Gasteiger partial charge is 0.467 e. The van der Waals surface area contributed by atoms with E-state index in [0.29, 0.717) is 12.0 Å². The Morgan fingerprint density at radius 2 is 1.75 bits per heavy atom. The van der Waals surface area contributed by atoms with Crippen LogP contribution in [0.3, 0.4) is 0 Å². The fourth-order valence-corrected chi connectivity index (χ4v) is 2.94. The number of hydrogen-bond donors (Lipinski definition) is 3. The second-order valence-corrected chi connectivity index (χ2v) is 6.82. The van der Waals surface area contributed by atoms with E-state index in [1.54, 1.807) is 6.92 Å². The Balaban J connectivity index is 1.93. The number of benzene rings is 1. The molecule has 0 unspecified atom stereocenters. The van der Waals surface area contributed by atoms with Gasteiger partial charge in [0.1, 0.15) is 18.1 Å². The Kier molecular flexibility index (Phi) is 7.31. The molecule has 150 valence electrons. The van der Waals surface area contributed by atoms with Crippen LogP contribution in [0.2, 0.25) is 0 Å². The van der Waals surface area contributed by atoms with Gasteiger partial charge in [-0.1, -0.05) is 35.9 Å². The highest BCUT2D eigenvalue weighted by atomic mass is 16.5. The highest BCUT2D eigenvalue weighted by molar-refractivity contribution is 5.99. The van der Waals surface area contributed by atoms with Crippen LogP contribution < -0.4 is 16.0 Å². The van der Waals surface area contributed by atoms with Crippen LogP contribution in [0, 0.1) is 0 Å². The normalized spacial score (nSPS) is 19.8. The van der Waals surface area contributed by atoms with Crippen LogP contribution >= 0.6 is 0 Å². The molecule has 3 N–H and O–H groups in total. The van der Waals surface area contributed by atoms with Gasteiger partial charge in [-0.25, -0.2) is 4.79 Å². The SMILES string of the molecule is C=C(C)C[C@H](NC(=O)C[C@@H]1NC(=O)[C@H](Cc2ccccc2)NC1=O)C(=O)OC. The Morgan fingerprint density at radius 3 is 2.36 bits per heavy atom. The Labute approximate surface area is 163 Å². The molecule has 1 aliphatic heterocycles. The lowest BCUT2D eigenvalue weighted by Crippen LogP contribution is -2.63. The van der Waals surface area contributed by atoms with Gasteiger partial charge < -0.3 is 20.7 Å². The number of piperazine rings is 1. The van der Waals surface area contributed by atoms with E-state index in [1.807, 2.05) is 30.3 Å². The zero-order valence-corrected chi connectivity index (χ0v) is 16.0. The first-order valence-corrected chi connectivity index (χ1v) is 8.96. The summed E-state index contributed by atoms with van der Waals surface area (Å²) < 4.78 is 4.67. The first kappa shape index (κ1) is 21.1. The molecule has 8 heteroatoms. The van der Waals surface area contributed by atoms with Crippen molar-refractivity contribution in [2.45, 2.75) is 44.3 Å². The van der Waals surface area contributed by atoms with Gasteiger partial charge in [-0.2, -0.15) is 0 Å². The fourth-order valence-electron chi connectivity index (χ4n) is 2.94. The highest BCUT2D eigenvalue weighted by Crippen LogP contribution is 2.09. The molecule has 0 aromatic heterocycles. The molecule has 28 heavy (non-hydrogen) atoms. The van der Waals surface area contributed by atoms with Crippen molar-refractivity contribution in [3.8, 4) is 0 Å². The molecule has 0 spiro atoms. The Bertz CT molecular complexity index is 762. The lowest BCUT2D eigenvalue weighted by Gasteiger charge is -2.29. The van der Waals surface area contributed by atoms with Gasteiger partial charge in [0.25, 0.3) is 0 Å². The zero-order valence-electron chi connectivity index (χ0n) is 16.0. The van der Waals surface area contributed by atoms with Crippen LogP contribution in [0.15, 0.2) is 42.5 Å². The summed E-state index contributed by atoms with van der Waals surface area (Å²) in [5, 5.41) is 7.76. The van der Waals surface area contributed by atoms with Crippen molar-refractivity contribution < 1.29 is 23.9 Å². The molecule has 8 nitrogen and oxygen atoms in total. The van der Waals surface area contributed by atoms with E-state index in [2.05, 4.69) is 27.3 Å². The van der Waals surface area contributed by atoms with Gasteiger partial charge >= 0.3 is 5.97 Å². The van der Waals surface area contributed by atoms with Crippen LogP contribution in [0.25, 0.3) is 0 Å². The maximum Gasteiger partial charge on any atom is 0.328 e. The molecular formula is C20H25N3O5. The smallest absolute Gasteiger partial charge is 0.328 e. The molecule has 1 heterocycles. The van der Waals surface area contributed by atoms with Gasteiger partial charge in [0.2, 0.25) is 17.7 Å². The first-order valence-electron chi connectivity index (χ1n) is 8.96. The average Bonchev–Trinajstić information content (AvgIpc) is 2.65. The number of ether oxygens (including phenoxy) is 1. The maximum atomic E-state index is 12.3. The Morgan fingerprint density at radius 1 is 1.14 bits per heavy atom. The highest BCUT2D eigenvalue weighted by Gasteiger charge is 2.35. The molecule has 3 amide bonds. The summed E-state index contributed by atoms with van der Waals surface area (Å²) in [6.07, 6.45) is 0.306. The topological polar surface area (TPSA) is 114 Å². The quantitative estimate of drug-likeness (QED) is 0.436. The molecule has 2 rings (SSSR count). The number of nitrogens with one attached hydrogen (secondary N) is 3. The summed E-state index contributed by atoms with van der Waals surface area (Å²) in [5.41, 5.74) is 1.61. The number of methoxy groups -OCH3 is 1. The number of hydrogen-bond acceptors (Lipinski definition) is 5. The van der Waals surface area contributed by atoms with Crippen LogP contribution in [0.1, 0.15) is 25.3 Å². The third-order valence-corrected chi connectivity index (χ3v) is 4.31. The van der Waals surface area contributed by atoms with Gasteiger partial charge in [0.05, 0.1) is 13.5 Å². The van der Waals surface area contributed by atoms with Crippen molar-refractivity contribution in [2.75, 3.05) is 7.11 Å². The van der Waals surface area contributed by atoms with E-state index < -0.39 is 35.9 Å². The molecule has 0 saturated carbocycles. The van der Waals surface area contributed by atoms with Gasteiger partial charge in [-0.05, 0) is 18.9 Å². The third-order valence-electron chi connectivity index (χ3n) is 4.31. The molecule has 0 bridgehead atoms. The summed E-state index contributed by atoms with van der Waals surface area (Å²) in [6, 6.07) is 6.74. The predicted octanol–water partition coefficient (Wildman–Crippen LogP) is 0.226.